The Hall–Kier alpha value is -1.65. The first kappa shape index (κ1) is 12.4. The minimum Gasteiger partial charge on any atom is -0.342 e. The maximum atomic E-state index is 12.9. The quantitative estimate of drug-likeness (QED) is 0.764. The molecule has 0 atom stereocenters. The van der Waals surface area contributed by atoms with Crippen molar-refractivity contribution in [3.63, 3.8) is 0 Å². The lowest BCUT2D eigenvalue weighted by atomic mass is 10.4. The number of likely N-dealkylation sites (N-methyl/N-ethyl adjacent to an activating group) is 1. The molecule has 1 heterocycles. The molecule has 0 fully saturated rings. The van der Waals surface area contributed by atoms with E-state index in [-0.39, 0.29) is 18.0 Å². The van der Waals surface area contributed by atoms with Gasteiger partial charge in [0, 0.05) is 25.4 Å². The molecule has 88 valence electrons. The Morgan fingerprint density at radius 3 is 2.56 bits per heavy atom. The van der Waals surface area contributed by atoms with Gasteiger partial charge >= 0.3 is 0 Å². The Labute approximate surface area is 93.3 Å². The van der Waals surface area contributed by atoms with Crippen LogP contribution >= 0.6 is 0 Å². The van der Waals surface area contributed by atoms with Gasteiger partial charge in [-0.25, -0.2) is 4.39 Å². The molecule has 0 N–H and O–H groups in total. The lowest BCUT2D eigenvalue weighted by molar-refractivity contribution is -0.131. The summed E-state index contributed by atoms with van der Waals surface area (Å²) in [5.74, 6) is -0.704. The summed E-state index contributed by atoms with van der Waals surface area (Å²) < 4.78 is 14.0. The molecular formula is C11H15FN2O2. The zero-order valence-corrected chi connectivity index (χ0v) is 9.44. The first-order valence-electron chi connectivity index (χ1n) is 5.22. The molecule has 0 aliphatic carbocycles. The van der Waals surface area contributed by atoms with Crippen LogP contribution in [0.2, 0.25) is 0 Å². The molecule has 1 aromatic heterocycles. The van der Waals surface area contributed by atoms with E-state index in [9.17, 15) is 14.0 Å². The third-order valence-corrected chi connectivity index (χ3v) is 2.37. The highest BCUT2D eigenvalue weighted by atomic mass is 19.1. The van der Waals surface area contributed by atoms with Gasteiger partial charge in [-0.2, -0.15) is 0 Å². The van der Waals surface area contributed by atoms with Gasteiger partial charge in [-0.15, -0.1) is 0 Å². The number of hydrogen-bond donors (Lipinski definition) is 0. The van der Waals surface area contributed by atoms with Crippen molar-refractivity contribution in [2.24, 2.45) is 0 Å². The Morgan fingerprint density at radius 2 is 2.00 bits per heavy atom. The molecule has 0 aliphatic heterocycles. The van der Waals surface area contributed by atoms with Crippen molar-refractivity contribution in [2.75, 3.05) is 13.1 Å². The van der Waals surface area contributed by atoms with Crippen molar-refractivity contribution in [1.29, 1.82) is 0 Å². The Kier molecular flexibility index (Phi) is 4.22. The van der Waals surface area contributed by atoms with Crippen LogP contribution in [-0.4, -0.2) is 28.5 Å². The third-order valence-electron chi connectivity index (χ3n) is 2.37. The molecule has 0 unspecified atom stereocenters. The number of hydrogen-bond acceptors (Lipinski definition) is 2. The van der Waals surface area contributed by atoms with Crippen LogP contribution in [0, 0.1) is 5.82 Å². The maximum absolute atomic E-state index is 12.9. The molecule has 1 rings (SSSR count). The van der Waals surface area contributed by atoms with Crippen molar-refractivity contribution >= 4 is 5.91 Å². The van der Waals surface area contributed by atoms with Gasteiger partial charge in [-0.05, 0) is 19.9 Å². The van der Waals surface area contributed by atoms with Gasteiger partial charge in [0.15, 0.2) is 0 Å². The van der Waals surface area contributed by atoms with Crippen LogP contribution in [0.15, 0.2) is 23.1 Å². The van der Waals surface area contributed by atoms with Gasteiger partial charge in [-0.1, -0.05) is 0 Å². The SMILES string of the molecule is CCN(CC)C(=O)Cn1cc(F)ccc1=O. The lowest BCUT2D eigenvalue weighted by Gasteiger charge is -2.18. The van der Waals surface area contributed by atoms with Crippen LogP contribution in [0.4, 0.5) is 4.39 Å². The molecule has 1 aromatic rings. The summed E-state index contributed by atoms with van der Waals surface area (Å²) in [6, 6.07) is 2.20. The van der Waals surface area contributed by atoms with Crippen molar-refractivity contribution in [3.8, 4) is 0 Å². The minimum atomic E-state index is -0.521. The summed E-state index contributed by atoms with van der Waals surface area (Å²) in [7, 11) is 0. The summed E-state index contributed by atoms with van der Waals surface area (Å²) in [5.41, 5.74) is -0.373. The molecule has 5 heteroatoms. The van der Waals surface area contributed by atoms with Crippen molar-refractivity contribution in [1.82, 2.24) is 9.47 Å². The number of carbonyl (C=O) groups excluding carboxylic acids is 1. The van der Waals surface area contributed by atoms with Crippen molar-refractivity contribution in [2.45, 2.75) is 20.4 Å². The predicted molar refractivity (Wildman–Crippen MR) is 58.6 cm³/mol. The topological polar surface area (TPSA) is 42.3 Å². The van der Waals surface area contributed by atoms with Gasteiger partial charge < -0.3 is 9.47 Å². The molecule has 1 amide bonds. The second kappa shape index (κ2) is 5.44. The lowest BCUT2D eigenvalue weighted by Crippen LogP contribution is -2.36. The van der Waals surface area contributed by atoms with E-state index in [2.05, 4.69) is 0 Å². The van der Waals surface area contributed by atoms with Crippen LogP contribution in [0.3, 0.4) is 0 Å². The second-order valence-corrected chi connectivity index (χ2v) is 3.38. The van der Waals surface area contributed by atoms with Crippen LogP contribution in [0.5, 0.6) is 0 Å². The molecule has 0 radical (unpaired) electrons. The summed E-state index contributed by atoms with van der Waals surface area (Å²) in [5, 5.41) is 0. The molecule has 0 saturated heterocycles. The van der Waals surface area contributed by atoms with Crippen LogP contribution < -0.4 is 5.56 Å². The van der Waals surface area contributed by atoms with E-state index in [1.807, 2.05) is 13.8 Å². The van der Waals surface area contributed by atoms with E-state index in [0.29, 0.717) is 13.1 Å². The van der Waals surface area contributed by atoms with Crippen LogP contribution in [-0.2, 0) is 11.3 Å². The highest BCUT2D eigenvalue weighted by Crippen LogP contribution is 1.95. The number of rotatable bonds is 4. The fraction of sp³-hybridized carbons (Fsp3) is 0.455. The van der Waals surface area contributed by atoms with E-state index in [4.69, 9.17) is 0 Å². The minimum absolute atomic E-state index is 0.113. The van der Waals surface area contributed by atoms with Gasteiger partial charge in [0.05, 0.1) is 0 Å². The molecule has 0 saturated carbocycles. The highest BCUT2D eigenvalue weighted by Gasteiger charge is 2.10. The number of nitrogens with zero attached hydrogens (tertiary/aromatic N) is 2. The summed E-state index contributed by atoms with van der Waals surface area (Å²) in [4.78, 5) is 24.6. The van der Waals surface area contributed by atoms with Crippen LogP contribution in [0.1, 0.15) is 13.8 Å². The van der Waals surface area contributed by atoms with E-state index in [1.54, 1.807) is 4.90 Å². The normalized spacial score (nSPS) is 10.2. The molecule has 0 spiro atoms. The molecule has 16 heavy (non-hydrogen) atoms. The van der Waals surface area contributed by atoms with E-state index < -0.39 is 5.82 Å². The number of aromatic nitrogens is 1. The standard InChI is InChI=1S/C11H15FN2O2/c1-3-13(4-2)11(16)8-14-7-9(12)5-6-10(14)15/h5-7H,3-4,8H2,1-2H3. The third kappa shape index (κ3) is 2.92. The first-order chi connectivity index (χ1) is 7.58. The zero-order valence-electron chi connectivity index (χ0n) is 9.44. The fourth-order valence-corrected chi connectivity index (χ4v) is 1.45. The van der Waals surface area contributed by atoms with Gasteiger partial charge in [0.1, 0.15) is 12.4 Å². The Bertz CT molecular complexity index is 424. The molecule has 0 bridgehead atoms. The van der Waals surface area contributed by atoms with Crippen molar-refractivity contribution in [3.05, 3.63) is 34.5 Å². The second-order valence-electron chi connectivity index (χ2n) is 3.38. The average Bonchev–Trinajstić information content (AvgIpc) is 2.25. The Balaban J connectivity index is 2.84. The highest BCUT2D eigenvalue weighted by molar-refractivity contribution is 5.75. The molecular weight excluding hydrogens is 211 g/mol. The average molecular weight is 226 g/mol. The van der Waals surface area contributed by atoms with E-state index >= 15 is 0 Å². The first-order valence-corrected chi connectivity index (χ1v) is 5.22. The summed E-state index contributed by atoms with van der Waals surface area (Å²) in [6.45, 7) is 4.77. The predicted octanol–water partition coefficient (Wildman–Crippen LogP) is 0.856. The van der Waals surface area contributed by atoms with E-state index in [1.165, 1.54) is 0 Å². The summed E-state index contributed by atoms with van der Waals surface area (Å²) in [6.07, 6.45) is 1.05. The smallest absolute Gasteiger partial charge is 0.251 e. The van der Waals surface area contributed by atoms with Crippen LogP contribution in [0.25, 0.3) is 0 Å². The zero-order chi connectivity index (χ0) is 12.1. The number of carbonyl (C=O) groups is 1. The van der Waals surface area contributed by atoms with Gasteiger partial charge in [0.25, 0.3) is 5.56 Å². The number of halogens is 1. The number of pyridine rings is 1. The number of amides is 1. The molecule has 0 aromatic carbocycles. The van der Waals surface area contributed by atoms with E-state index in [0.717, 1.165) is 22.9 Å². The monoisotopic (exact) mass is 226 g/mol. The van der Waals surface area contributed by atoms with Gasteiger partial charge in [-0.3, -0.25) is 9.59 Å². The largest absolute Gasteiger partial charge is 0.342 e. The molecule has 0 aliphatic rings. The fourth-order valence-electron chi connectivity index (χ4n) is 1.45. The Morgan fingerprint density at radius 1 is 1.38 bits per heavy atom. The summed E-state index contributed by atoms with van der Waals surface area (Å²) >= 11 is 0. The van der Waals surface area contributed by atoms with Crippen molar-refractivity contribution < 1.29 is 9.18 Å². The molecule has 4 nitrogen and oxygen atoms in total. The maximum Gasteiger partial charge on any atom is 0.251 e. The van der Waals surface area contributed by atoms with Gasteiger partial charge in [0.2, 0.25) is 5.91 Å².